The molecule has 1 aliphatic carbocycles. The van der Waals surface area contributed by atoms with E-state index in [2.05, 4.69) is 53.5 Å². The van der Waals surface area contributed by atoms with Crippen molar-refractivity contribution in [3.8, 4) is 0 Å². The van der Waals surface area contributed by atoms with Crippen LogP contribution in [0.15, 0.2) is 48.7 Å². The van der Waals surface area contributed by atoms with Crippen LogP contribution in [0, 0.1) is 0 Å². The van der Waals surface area contributed by atoms with Crippen molar-refractivity contribution in [3.63, 3.8) is 0 Å². The van der Waals surface area contributed by atoms with Crippen molar-refractivity contribution >= 4 is 6.08 Å². The lowest BCUT2D eigenvalue weighted by atomic mass is 9.88. The summed E-state index contributed by atoms with van der Waals surface area (Å²) in [4.78, 5) is 3.29. The summed E-state index contributed by atoms with van der Waals surface area (Å²) in [5, 5.41) is 0. The Morgan fingerprint density at radius 1 is 1.07 bits per heavy atom. The molecule has 15 heavy (non-hydrogen) atoms. The predicted octanol–water partition coefficient (Wildman–Crippen LogP) is 3.37. The number of aromatic nitrogens is 1. The van der Waals surface area contributed by atoms with Crippen LogP contribution < -0.4 is 0 Å². The van der Waals surface area contributed by atoms with Gasteiger partial charge in [0.15, 0.2) is 0 Å². The highest BCUT2D eigenvalue weighted by molar-refractivity contribution is 5.58. The van der Waals surface area contributed by atoms with Gasteiger partial charge in [-0.05, 0) is 29.7 Å². The molecule has 1 heterocycles. The fourth-order valence-electron chi connectivity index (χ4n) is 2.20. The van der Waals surface area contributed by atoms with Crippen molar-refractivity contribution < 1.29 is 0 Å². The molecule has 3 rings (SSSR count). The smallest absolute Gasteiger partial charge is 0.0220 e. The Bertz CT molecular complexity index is 480. The van der Waals surface area contributed by atoms with Crippen LogP contribution in [0.2, 0.25) is 0 Å². The SMILES string of the molecule is C1=C[C@@H](c2ccc[nH]2)Cc2ccccc21. The van der Waals surface area contributed by atoms with E-state index in [-0.39, 0.29) is 0 Å². The summed E-state index contributed by atoms with van der Waals surface area (Å²) >= 11 is 0. The van der Waals surface area contributed by atoms with Gasteiger partial charge in [0.1, 0.15) is 0 Å². The number of H-pyrrole nitrogens is 1. The Labute approximate surface area is 89.5 Å². The maximum atomic E-state index is 3.29. The van der Waals surface area contributed by atoms with E-state index in [4.69, 9.17) is 0 Å². The zero-order chi connectivity index (χ0) is 10.1. The fourth-order valence-corrected chi connectivity index (χ4v) is 2.20. The normalized spacial score (nSPS) is 18.8. The van der Waals surface area contributed by atoms with Crippen LogP contribution in [-0.4, -0.2) is 4.98 Å². The molecule has 0 unspecified atom stereocenters. The number of allylic oxidation sites excluding steroid dienone is 1. The van der Waals surface area contributed by atoms with Gasteiger partial charge in [-0.1, -0.05) is 36.4 Å². The van der Waals surface area contributed by atoms with Gasteiger partial charge in [-0.25, -0.2) is 0 Å². The molecular weight excluding hydrogens is 182 g/mol. The Morgan fingerprint density at radius 2 is 2.00 bits per heavy atom. The van der Waals surface area contributed by atoms with Crippen LogP contribution in [0.25, 0.3) is 6.08 Å². The van der Waals surface area contributed by atoms with Crippen LogP contribution in [0.3, 0.4) is 0 Å². The van der Waals surface area contributed by atoms with E-state index in [0.29, 0.717) is 5.92 Å². The molecule has 1 aliphatic rings. The molecule has 1 atom stereocenters. The van der Waals surface area contributed by atoms with Crippen molar-refractivity contribution in [2.24, 2.45) is 0 Å². The number of benzene rings is 1. The zero-order valence-electron chi connectivity index (χ0n) is 8.48. The van der Waals surface area contributed by atoms with Gasteiger partial charge in [-0.15, -0.1) is 0 Å². The van der Waals surface area contributed by atoms with Crippen LogP contribution in [0.1, 0.15) is 22.7 Å². The zero-order valence-corrected chi connectivity index (χ0v) is 8.48. The van der Waals surface area contributed by atoms with Gasteiger partial charge < -0.3 is 4.98 Å². The first-order chi connectivity index (χ1) is 7.43. The summed E-state index contributed by atoms with van der Waals surface area (Å²) in [6, 6.07) is 12.8. The Hall–Kier alpha value is -1.76. The molecular formula is C14H13N. The summed E-state index contributed by atoms with van der Waals surface area (Å²) in [7, 11) is 0. The van der Waals surface area contributed by atoms with Gasteiger partial charge in [-0.2, -0.15) is 0 Å². The van der Waals surface area contributed by atoms with E-state index in [1.807, 2.05) is 6.20 Å². The third-order valence-electron chi connectivity index (χ3n) is 3.02. The van der Waals surface area contributed by atoms with E-state index < -0.39 is 0 Å². The Morgan fingerprint density at radius 3 is 2.87 bits per heavy atom. The summed E-state index contributed by atoms with van der Waals surface area (Å²) in [6.45, 7) is 0. The van der Waals surface area contributed by atoms with Crippen molar-refractivity contribution in [3.05, 3.63) is 65.5 Å². The summed E-state index contributed by atoms with van der Waals surface area (Å²) in [5.41, 5.74) is 4.11. The second-order valence-corrected chi connectivity index (χ2v) is 3.99. The molecule has 74 valence electrons. The second kappa shape index (κ2) is 3.43. The topological polar surface area (TPSA) is 15.8 Å². The summed E-state index contributed by atoms with van der Waals surface area (Å²) < 4.78 is 0. The highest BCUT2D eigenvalue weighted by Crippen LogP contribution is 2.28. The van der Waals surface area contributed by atoms with E-state index in [1.54, 1.807) is 0 Å². The van der Waals surface area contributed by atoms with E-state index in [0.717, 1.165) is 6.42 Å². The lowest BCUT2D eigenvalue weighted by Gasteiger charge is -2.18. The number of rotatable bonds is 1. The number of hydrogen-bond acceptors (Lipinski definition) is 0. The van der Waals surface area contributed by atoms with Gasteiger partial charge >= 0.3 is 0 Å². The minimum atomic E-state index is 0.509. The number of nitrogens with one attached hydrogen (secondary N) is 1. The molecule has 0 fully saturated rings. The van der Waals surface area contributed by atoms with Gasteiger partial charge in [0.25, 0.3) is 0 Å². The van der Waals surface area contributed by atoms with Crippen LogP contribution in [0.5, 0.6) is 0 Å². The van der Waals surface area contributed by atoms with Crippen molar-refractivity contribution in [1.82, 2.24) is 4.98 Å². The molecule has 0 aliphatic heterocycles. The minimum absolute atomic E-state index is 0.509. The molecule has 0 saturated heterocycles. The van der Waals surface area contributed by atoms with Gasteiger partial charge in [0.05, 0.1) is 0 Å². The average Bonchev–Trinajstić information content (AvgIpc) is 2.82. The Balaban J connectivity index is 1.96. The molecule has 1 heteroatoms. The third kappa shape index (κ3) is 1.50. The Kier molecular flexibility index (Phi) is 1.95. The standard InChI is InChI=1S/C14H13N/c1-2-5-12-10-13(8-7-11(12)4-1)14-6-3-9-15-14/h1-9,13,15H,10H2/t13-/m1/s1. The lowest BCUT2D eigenvalue weighted by molar-refractivity contribution is 0.801. The first kappa shape index (κ1) is 8.54. The molecule has 2 aromatic rings. The van der Waals surface area contributed by atoms with Gasteiger partial charge in [-0.3, -0.25) is 0 Å². The van der Waals surface area contributed by atoms with Gasteiger partial charge in [0, 0.05) is 17.8 Å². The molecule has 1 aromatic heterocycles. The first-order valence-electron chi connectivity index (χ1n) is 5.33. The maximum absolute atomic E-state index is 3.29. The van der Waals surface area contributed by atoms with Crippen molar-refractivity contribution in [2.75, 3.05) is 0 Å². The third-order valence-corrected chi connectivity index (χ3v) is 3.02. The minimum Gasteiger partial charge on any atom is -0.364 e. The molecule has 0 bridgehead atoms. The molecule has 0 saturated carbocycles. The molecule has 0 amide bonds. The number of fused-ring (bicyclic) bond motifs is 1. The van der Waals surface area contributed by atoms with Crippen LogP contribution in [0.4, 0.5) is 0 Å². The molecule has 1 nitrogen and oxygen atoms in total. The molecule has 1 aromatic carbocycles. The number of aromatic amines is 1. The predicted molar refractivity (Wildman–Crippen MR) is 62.7 cm³/mol. The number of hydrogen-bond donors (Lipinski definition) is 1. The monoisotopic (exact) mass is 195 g/mol. The van der Waals surface area contributed by atoms with Gasteiger partial charge in [0.2, 0.25) is 0 Å². The van der Waals surface area contributed by atoms with E-state index in [9.17, 15) is 0 Å². The lowest BCUT2D eigenvalue weighted by Crippen LogP contribution is -2.05. The molecule has 0 radical (unpaired) electrons. The maximum Gasteiger partial charge on any atom is 0.0220 e. The molecule has 1 N–H and O–H groups in total. The van der Waals surface area contributed by atoms with Crippen molar-refractivity contribution in [1.29, 1.82) is 0 Å². The average molecular weight is 195 g/mol. The summed E-state index contributed by atoms with van der Waals surface area (Å²) in [6.07, 6.45) is 7.61. The highest BCUT2D eigenvalue weighted by Gasteiger charge is 2.15. The van der Waals surface area contributed by atoms with E-state index >= 15 is 0 Å². The van der Waals surface area contributed by atoms with Crippen LogP contribution >= 0.6 is 0 Å². The first-order valence-corrected chi connectivity index (χ1v) is 5.33. The van der Waals surface area contributed by atoms with E-state index in [1.165, 1.54) is 16.8 Å². The summed E-state index contributed by atoms with van der Waals surface area (Å²) in [5.74, 6) is 0.509. The second-order valence-electron chi connectivity index (χ2n) is 3.99. The molecule has 0 spiro atoms. The van der Waals surface area contributed by atoms with Crippen molar-refractivity contribution in [2.45, 2.75) is 12.3 Å². The van der Waals surface area contributed by atoms with Crippen LogP contribution in [-0.2, 0) is 6.42 Å². The largest absolute Gasteiger partial charge is 0.364 e. The quantitative estimate of drug-likeness (QED) is 0.718. The fraction of sp³-hybridized carbons (Fsp3) is 0.143. The highest BCUT2D eigenvalue weighted by atomic mass is 14.7.